The van der Waals surface area contributed by atoms with Crippen molar-refractivity contribution in [2.75, 3.05) is 13.1 Å². The molecule has 1 atom stereocenters. The van der Waals surface area contributed by atoms with Crippen LogP contribution in [0.15, 0.2) is 18.2 Å². The molecule has 1 aromatic rings. The third-order valence-corrected chi connectivity index (χ3v) is 3.42. The van der Waals surface area contributed by atoms with E-state index in [1.54, 1.807) is 0 Å². The number of halogens is 3. The molecule has 1 saturated heterocycles. The van der Waals surface area contributed by atoms with Crippen molar-refractivity contribution < 1.29 is 23.2 Å². The van der Waals surface area contributed by atoms with Crippen LogP contribution in [0.3, 0.4) is 0 Å². The predicted octanol–water partition coefficient (Wildman–Crippen LogP) is 0.852. The largest absolute Gasteiger partial charge is 0.488 e. The molecule has 0 aliphatic carbocycles. The molecule has 19 heavy (non-hydrogen) atoms. The van der Waals surface area contributed by atoms with Gasteiger partial charge in [0.1, 0.15) is 0 Å². The first-order chi connectivity index (χ1) is 8.89. The summed E-state index contributed by atoms with van der Waals surface area (Å²) >= 11 is 0. The molecule has 0 amide bonds. The van der Waals surface area contributed by atoms with Crippen LogP contribution in [-0.4, -0.2) is 30.3 Å². The van der Waals surface area contributed by atoms with Crippen molar-refractivity contribution in [3.63, 3.8) is 0 Å². The van der Waals surface area contributed by atoms with Gasteiger partial charge in [0.15, 0.2) is 0 Å². The molecule has 0 spiro atoms. The smallest absolute Gasteiger partial charge is 0.423 e. The lowest BCUT2D eigenvalue weighted by Crippen LogP contribution is -2.33. The van der Waals surface area contributed by atoms with Gasteiger partial charge in [-0.05, 0) is 42.4 Å². The lowest BCUT2D eigenvalue weighted by molar-refractivity contribution is -0.138. The highest BCUT2D eigenvalue weighted by atomic mass is 19.4. The van der Waals surface area contributed by atoms with Crippen molar-refractivity contribution in [2.45, 2.75) is 24.9 Å². The van der Waals surface area contributed by atoms with E-state index in [1.165, 1.54) is 12.1 Å². The Hall–Kier alpha value is -1.05. The highest BCUT2D eigenvalue weighted by Crippen LogP contribution is 2.36. The van der Waals surface area contributed by atoms with Crippen LogP contribution in [0.25, 0.3) is 0 Å². The maximum absolute atomic E-state index is 13.1. The minimum Gasteiger partial charge on any atom is -0.423 e. The highest BCUT2D eigenvalue weighted by Gasteiger charge is 2.36. The second kappa shape index (κ2) is 5.52. The van der Waals surface area contributed by atoms with E-state index in [0.717, 1.165) is 19.0 Å². The zero-order chi connectivity index (χ0) is 14.0. The Morgan fingerprint density at radius 3 is 2.53 bits per heavy atom. The Balaban J connectivity index is 2.41. The molecule has 3 nitrogen and oxygen atoms in total. The fraction of sp³-hybridized carbons (Fsp3) is 0.500. The number of piperidine rings is 1. The van der Waals surface area contributed by atoms with Gasteiger partial charge in [-0.1, -0.05) is 12.1 Å². The second-order valence-corrected chi connectivity index (χ2v) is 4.76. The van der Waals surface area contributed by atoms with Crippen molar-refractivity contribution in [1.29, 1.82) is 0 Å². The average molecular weight is 273 g/mol. The first kappa shape index (κ1) is 14.4. The number of rotatable bonds is 2. The van der Waals surface area contributed by atoms with E-state index in [1.807, 2.05) is 0 Å². The minimum absolute atomic E-state index is 0.139. The normalized spacial score (nSPS) is 20.4. The Labute approximate surface area is 109 Å². The zero-order valence-electron chi connectivity index (χ0n) is 10.2. The maximum atomic E-state index is 13.1. The topological polar surface area (TPSA) is 52.5 Å². The van der Waals surface area contributed by atoms with Crippen LogP contribution in [-0.2, 0) is 6.18 Å². The Kier molecular flexibility index (Phi) is 4.18. The monoisotopic (exact) mass is 273 g/mol. The van der Waals surface area contributed by atoms with Crippen molar-refractivity contribution in [2.24, 2.45) is 0 Å². The van der Waals surface area contributed by atoms with Crippen molar-refractivity contribution in [3.05, 3.63) is 29.3 Å². The van der Waals surface area contributed by atoms with Gasteiger partial charge < -0.3 is 15.4 Å². The highest BCUT2D eigenvalue weighted by molar-refractivity contribution is 6.58. The number of hydrogen-bond donors (Lipinski definition) is 3. The van der Waals surface area contributed by atoms with Crippen LogP contribution in [0.4, 0.5) is 13.2 Å². The van der Waals surface area contributed by atoms with Gasteiger partial charge >= 0.3 is 13.3 Å². The molecule has 1 aromatic carbocycles. The first-order valence-electron chi connectivity index (χ1n) is 6.17. The maximum Gasteiger partial charge on any atom is 0.488 e. The molecule has 0 aromatic heterocycles. The summed E-state index contributed by atoms with van der Waals surface area (Å²) in [5.74, 6) is -0.185. The van der Waals surface area contributed by atoms with Gasteiger partial charge in [0, 0.05) is 6.54 Å². The molecular formula is C12H15BF3NO2. The van der Waals surface area contributed by atoms with Gasteiger partial charge in [-0.15, -0.1) is 0 Å². The fourth-order valence-electron chi connectivity index (χ4n) is 2.45. The fourth-order valence-corrected chi connectivity index (χ4v) is 2.45. The summed E-state index contributed by atoms with van der Waals surface area (Å²) in [6, 6.07) is 3.52. The van der Waals surface area contributed by atoms with Crippen molar-refractivity contribution >= 4 is 12.6 Å². The molecule has 1 fully saturated rings. The average Bonchev–Trinajstić information content (AvgIpc) is 2.38. The summed E-state index contributed by atoms with van der Waals surface area (Å²) in [6.45, 7) is 1.34. The molecule has 0 radical (unpaired) electrons. The van der Waals surface area contributed by atoms with Crippen LogP contribution < -0.4 is 10.8 Å². The standard InChI is InChI=1S/C12H15BF3NO2/c14-12(15,16)11-6-9(13(18)19)3-4-10(11)8-2-1-5-17-7-8/h3-4,6,8,17-19H,1-2,5,7H2. The zero-order valence-corrected chi connectivity index (χ0v) is 10.2. The summed E-state index contributed by atoms with van der Waals surface area (Å²) in [4.78, 5) is 0. The lowest BCUT2D eigenvalue weighted by atomic mass is 9.77. The van der Waals surface area contributed by atoms with Gasteiger partial charge in [-0.25, -0.2) is 0 Å². The van der Waals surface area contributed by atoms with E-state index in [0.29, 0.717) is 13.0 Å². The van der Waals surface area contributed by atoms with Crippen LogP contribution in [0, 0.1) is 0 Å². The molecule has 104 valence electrons. The Morgan fingerprint density at radius 2 is 2.00 bits per heavy atom. The first-order valence-corrected chi connectivity index (χ1v) is 6.17. The quantitative estimate of drug-likeness (QED) is 0.700. The van der Waals surface area contributed by atoms with Gasteiger partial charge in [0.25, 0.3) is 0 Å². The Morgan fingerprint density at radius 1 is 1.26 bits per heavy atom. The molecule has 3 N–H and O–H groups in total. The van der Waals surface area contributed by atoms with Gasteiger partial charge in [0.05, 0.1) is 5.56 Å². The molecule has 0 bridgehead atoms. The molecule has 1 heterocycles. The SMILES string of the molecule is OB(O)c1ccc(C2CCCNC2)c(C(F)(F)F)c1. The molecule has 7 heteroatoms. The Bertz CT molecular complexity index is 445. The van der Waals surface area contributed by atoms with Crippen LogP contribution in [0.5, 0.6) is 0 Å². The van der Waals surface area contributed by atoms with Crippen LogP contribution >= 0.6 is 0 Å². The number of benzene rings is 1. The van der Waals surface area contributed by atoms with E-state index in [-0.39, 0.29) is 16.9 Å². The summed E-state index contributed by atoms with van der Waals surface area (Å²) in [6.07, 6.45) is -2.94. The van der Waals surface area contributed by atoms with E-state index in [9.17, 15) is 13.2 Å². The number of alkyl halides is 3. The van der Waals surface area contributed by atoms with E-state index in [2.05, 4.69) is 5.32 Å². The molecule has 1 unspecified atom stereocenters. The second-order valence-electron chi connectivity index (χ2n) is 4.76. The van der Waals surface area contributed by atoms with Gasteiger partial charge in [-0.2, -0.15) is 13.2 Å². The molecule has 1 aliphatic heterocycles. The van der Waals surface area contributed by atoms with E-state index in [4.69, 9.17) is 10.0 Å². The van der Waals surface area contributed by atoms with Crippen LogP contribution in [0.2, 0.25) is 0 Å². The van der Waals surface area contributed by atoms with Gasteiger partial charge in [-0.3, -0.25) is 0 Å². The summed E-state index contributed by atoms with van der Waals surface area (Å²) in [5, 5.41) is 21.1. The third kappa shape index (κ3) is 3.29. The van der Waals surface area contributed by atoms with E-state index < -0.39 is 18.9 Å². The summed E-state index contributed by atoms with van der Waals surface area (Å²) < 4.78 is 39.2. The predicted molar refractivity (Wildman–Crippen MR) is 66.1 cm³/mol. The van der Waals surface area contributed by atoms with Gasteiger partial charge in [0.2, 0.25) is 0 Å². The van der Waals surface area contributed by atoms with Crippen molar-refractivity contribution in [1.82, 2.24) is 5.32 Å². The van der Waals surface area contributed by atoms with Crippen molar-refractivity contribution in [3.8, 4) is 0 Å². The summed E-state index contributed by atoms with van der Waals surface area (Å²) in [5.41, 5.74) is -0.684. The minimum atomic E-state index is -4.49. The third-order valence-electron chi connectivity index (χ3n) is 3.42. The number of hydrogen-bond acceptors (Lipinski definition) is 3. The molecule has 1 aliphatic rings. The summed E-state index contributed by atoms with van der Waals surface area (Å²) in [7, 11) is -1.89. The van der Waals surface area contributed by atoms with E-state index >= 15 is 0 Å². The number of nitrogens with one attached hydrogen (secondary N) is 1. The molecular weight excluding hydrogens is 258 g/mol. The van der Waals surface area contributed by atoms with Crippen LogP contribution in [0.1, 0.15) is 29.9 Å². The lowest BCUT2D eigenvalue weighted by Gasteiger charge is -2.26. The molecule has 2 rings (SSSR count). The molecule has 0 saturated carbocycles.